The lowest BCUT2D eigenvalue weighted by molar-refractivity contribution is 0.790. The summed E-state index contributed by atoms with van der Waals surface area (Å²) < 4.78 is 0. The molecule has 3 aromatic rings. The Morgan fingerprint density at radius 2 is 0.833 bits per heavy atom. The minimum Gasteiger partial charge on any atom is -0.192 e. The first-order valence-electron chi connectivity index (χ1n) is 13.6. The van der Waals surface area contributed by atoms with Crippen LogP contribution in [0.15, 0.2) is 66.7 Å². The molecule has 0 N–H and O–H groups in total. The van der Waals surface area contributed by atoms with Crippen molar-refractivity contribution in [1.29, 1.82) is 5.26 Å². The van der Waals surface area contributed by atoms with Crippen molar-refractivity contribution in [2.24, 2.45) is 0 Å². The predicted molar refractivity (Wildman–Crippen MR) is 159 cm³/mol. The minimum absolute atomic E-state index is 0.497. The van der Waals surface area contributed by atoms with Crippen LogP contribution in [0.1, 0.15) is 138 Å². The van der Waals surface area contributed by atoms with Gasteiger partial charge < -0.3 is 0 Å². The number of nitriles is 1. The molecule has 0 heterocycles. The first kappa shape index (κ1) is 31.2. The van der Waals surface area contributed by atoms with Gasteiger partial charge in [-0.15, -0.1) is 0 Å². The zero-order valence-corrected chi connectivity index (χ0v) is 24.7. The second-order valence-electron chi connectivity index (χ2n) is 11.3. The fourth-order valence-corrected chi connectivity index (χ4v) is 4.34. The Hall–Kier alpha value is -2.85. The molecular formula is C35H49N. The van der Waals surface area contributed by atoms with Crippen LogP contribution >= 0.6 is 0 Å². The molecule has 0 atom stereocenters. The maximum Gasteiger partial charge on any atom is 0.0991 e. The van der Waals surface area contributed by atoms with Gasteiger partial charge in [0.2, 0.25) is 0 Å². The van der Waals surface area contributed by atoms with Crippen molar-refractivity contribution >= 4 is 0 Å². The monoisotopic (exact) mass is 483 g/mol. The van der Waals surface area contributed by atoms with Crippen LogP contribution in [0.5, 0.6) is 0 Å². The summed E-state index contributed by atoms with van der Waals surface area (Å²) in [6.07, 6.45) is 0. The molecular weight excluding hydrogens is 434 g/mol. The lowest BCUT2D eigenvalue weighted by atomic mass is 9.91. The molecule has 3 rings (SSSR count). The Labute approximate surface area is 222 Å². The summed E-state index contributed by atoms with van der Waals surface area (Å²) >= 11 is 0. The van der Waals surface area contributed by atoms with Gasteiger partial charge in [0.15, 0.2) is 0 Å². The quantitative estimate of drug-likeness (QED) is 0.354. The first-order chi connectivity index (χ1) is 16.9. The summed E-state index contributed by atoms with van der Waals surface area (Å²) in [5, 5.41) is 8.72. The Kier molecular flexibility index (Phi) is 13.3. The lowest BCUT2D eigenvalue weighted by Crippen LogP contribution is -1.97. The van der Waals surface area contributed by atoms with Crippen LogP contribution in [0, 0.1) is 18.3 Å². The van der Waals surface area contributed by atoms with E-state index < -0.39 is 0 Å². The number of hydrogen-bond donors (Lipinski definition) is 0. The summed E-state index contributed by atoms with van der Waals surface area (Å²) in [7, 11) is 0. The Balaban J connectivity index is 0.000000270. The van der Waals surface area contributed by atoms with Gasteiger partial charge in [-0.3, -0.25) is 0 Å². The molecule has 1 nitrogen and oxygen atoms in total. The molecule has 1 heteroatoms. The molecule has 194 valence electrons. The van der Waals surface area contributed by atoms with E-state index in [1.807, 2.05) is 19.1 Å². The zero-order valence-electron chi connectivity index (χ0n) is 24.7. The average Bonchev–Trinajstić information content (AvgIpc) is 2.84. The number of benzene rings is 3. The number of aryl methyl sites for hydroxylation is 1. The van der Waals surface area contributed by atoms with Crippen LogP contribution in [-0.4, -0.2) is 0 Å². The second kappa shape index (κ2) is 15.3. The Morgan fingerprint density at radius 3 is 1.08 bits per heavy atom. The maximum absolute atomic E-state index is 8.72. The molecule has 3 aromatic carbocycles. The van der Waals surface area contributed by atoms with E-state index >= 15 is 0 Å². The third-order valence-electron chi connectivity index (χ3n) is 6.38. The van der Waals surface area contributed by atoms with E-state index in [0.29, 0.717) is 29.6 Å². The van der Waals surface area contributed by atoms with Crippen LogP contribution in [-0.2, 0) is 0 Å². The summed E-state index contributed by atoms with van der Waals surface area (Å²) in [4.78, 5) is 0. The molecule has 0 fully saturated rings. The van der Waals surface area contributed by atoms with Gasteiger partial charge >= 0.3 is 0 Å². The van der Waals surface area contributed by atoms with Crippen LogP contribution in [0.4, 0.5) is 0 Å². The summed E-state index contributed by atoms with van der Waals surface area (Å²) in [6.45, 7) is 24.3. The third kappa shape index (κ3) is 10.0. The summed E-state index contributed by atoms with van der Waals surface area (Å²) in [6, 6.07) is 25.6. The van der Waals surface area contributed by atoms with Gasteiger partial charge in [-0.2, -0.15) is 5.26 Å². The van der Waals surface area contributed by atoms with E-state index in [1.54, 1.807) is 0 Å². The summed E-state index contributed by atoms with van der Waals surface area (Å²) in [5.74, 6) is 3.07. The van der Waals surface area contributed by atoms with Gasteiger partial charge in [0, 0.05) is 0 Å². The van der Waals surface area contributed by atoms with E-state index in [9.17, 15) is 0 Å². The average molecular weight is 484 g/mol. The molecule has 0 aliphatic heterocycles. The highest BCUT2D eigenvalue weighted by molar-refractivity contribution is 5.38. The van der Waals surface area contributed by atoms with E-state index in [1.165, 1.54) is 27.8 Å². The van der Waals surface area contributed by atoms with Crippen molar-refractivity contribution < 1.29 is 0 Å². The third-order valence-corrected chi connectivity index (χ3v) is 6.38. The Bertz CT molecular complexity index is 984. The fraction of sp³-hybridized carbons (Fsp3) is 0.457. The standard InChI is InChI=1S/2C12H18.C11H13N/c2*1-9(2)11-7-5-6-8-12(11)10(3)4;1-8(2)11-5-9(3)4-10(6-11)7-12/h2*5-10H,1-4H3;4-6,8H,1-3H3. The highest BCUT2D eigenvalue weighted by Crippen LogP contribution is 2.26. The van der Waals surface area contributed by atoms with Crippen LogP contribution in [0.3, 0.4) is 0 Å². The van der Waals surface area contributed by atoms with Crippen LogP contribution in [0.2, 0.25) is 0 Å². The number of hydrogen-bond acceptors (Lipinski definition) is 1. The molecule has 36 heavy (non-hydrogen) atoms. The lowest BCUT2D eigenvalue weighted by Gasteiger charge is -2.14. The van der Waals surface area contributed by atoms with Gasteiger partial charge in [-0.05, 0) is 82.0 Å². The second-order valence-corrected chi connectivity index (χ2v) is 11.3. The van der Waals surface area contributed by atoms with E-state index in [-0.39, 0.29) is 0 Å². The molecule has 0 aliphatic carbocycles. The fourth-order valence-electron chi connectivity index (χ4n) is 4.34. The molecule has 0 saturated carbocycles. The van der Waals surface area contributed by atoms with E-state index in [0.717, 1.165) is 11.1 Å². The van der Waals surface area contributed by atoms with Gasteiger partial charge in [-0.25, -0.2) is 0 Å². The van der Waals surface area contributed by atoms with Crippen molar-refractivity contribution in [3.63, 3.8) is 0 Å². The van der Waals surface area contributed by atoms with Crippen molar-refractivity contribution in [3.05, 3.63) is 106 Å². The maximum atomic E-state index is 8.72. The highest BCUT2D eigenvalue weighted by Gasteiger charge is 2.08. The zero-order chi connectivity index (χ0) is 27.4. The molecule has 0 aliphatic rings. The molecule has 0 aromatic heterocycles. The molecule has 0 spiro atoms. The first-order valence-corrected chi connectivity index (χ1v) is 13.6. The molecule has 0 amide bonds. The van der Waals surface area contributed by atoms with Gasteiger partial charge in [-0.1, -0.05) is 124 Å². The molecule has 0 radical (unpaired) electrons. The van der Waals surface area contributed by atoms with Gasteiger partial charge in [0.25, 0.3) is 0 Å². The molecule has 0 unspecified atom stereocenters. The minimum atomic E-state index is 0.497. The topological polar surface area (TPSA) is 23.8 Å². The van der Waals surface area contributed by atoms with Gasteiger partial charge in [0.05, 0.1) is 11.6 Å². The van der Waals surface area contributed by atoms with E-state index in [4.69, 9.17) is 5.26 Å². The van der Waals surface area contributed by atoms with Crippen molar-refractivity contribution in [2.45, 2.75) is 106 Å². The summed E-state index contributed by atoms with van der Waals surface area (Å²) in [5.41, 5.74) is 9.14. The largest absolute Gasteiger partial charge is 0.192 e. The normalized spacial score (nSPS) is 10.8. The molecule has 0 saturated heterocycles. The van der Waals surface area contributed by atoms with Crippen LogP contribution in [0.25, 0.3) is 0 Å². The predicted octanol–water partition coefficient (Wildman–Crippen LogP) is 10.9. The molecule has 0 bridgehead atoms. The smallest absolute Gasteiger partial charge is 0.0991 e. The van der Waals surface area contributed by atoms with E-state index in [2.05, 4.69) is 130 Å². The van der Waals surface area contributed by atoms with Crippen molar-refractivity contribution in [2.75, 3.05) is 0 Å². The van der Waals surface area contributed by atoms with Gasteiger partial charge in [0.1, 0.15) is 0 Å². The highest BCUT2D eigenvalue weighted by atomic mass is 14.2. The SMILES string of the molecule is CC(C)c1ccccc1C(C)C.CC(C)c1ccccc1C(C)C.Cc1cc(C#N)cc(C(C)C)c1. The van der Waals surface area contributed by atoms with Crippen LogP contribution < -0.4 is 0 Å². The number of nitrogens with zero attached hydrogens (tertiary/aromatic N) is 1. The number of rotatable bonds is 5. The Morgan fingerprint density at radius 1 is 0.500 bits per heavy atom. The van der Waals surface area contributed by atoms with Crippen molar-refractivity contribution in [1.82, 2.24) is 0 Å². The van der Waals surface area contributed by atoms with Crippen molar-refractivity contribution in [3.8, 4) is 6.07 Å².